The molecule has 3 rings (SSSR count). The molecule has 2 heterocycles. The molecule has 0 spiro atoms. The number of hydrogen-bond acceptors (Lipinski definition) is 3. The molecule has 1 aliphatic rings. The average molecular weight is 230 g/mol. The number of nitrogens with zero attached hydrogens (tertiary/aromatic N) is 3. The summed E-state index contributed by atoms with van der Waals surface area (Å²) in [6, 6.07) is 6.64. The summed E-state index contributed by atoms with van der Waals surface area (Å²) in [5.74, 6) is 0. The van der Waals surface area contributed by atoms with Gasteiger partial charge in [0.1, 0.15) is 0 Å². The molecule has 0 bridgehead atoms. The number of piperazine rings is 1. The Kier molecular flexibility index (Phi) is 2.73. The second-order valence-electron chi connectivity index (χ2n) is 4.44. The fourth-order valence-electron chi connectivity index (χ4n) is 2.43. The number of benzene rings is 1. The zero-order chi connectivity index (χ0) is 11.7. The fraction of sp³-hybridized carbons (Fsp3) is 0.462. The van der Waals surface area contributed by atoms with E-state index >= 15 is 0 Å². The predicted molar refractivity (Wildman–Crippen MR) is 70.5 cm³/mol. The number of rotatable bonds is 2. The Morgan fingerprint density at radius 1 is 1.29 bits per heavy atom. The molecule has 0 atom stereocenters. The molecule has 0 aliphatic carbocycles. The number of nitrogens with one attached hydrogen (secondary N) is 1. The molecule has 0 unspecified atom stereocenters. The second kappa shape index (κ2) is 4.37. The number of fused-ring (bicyclic) bond motifs is 1. The van der Waals surface area contributed by atoms with E-state index in [9.17, 15) is 0 Å². The van der Waals surface area contributed by atoms with E-state index in [0.29, 0.717) is 0 Å². The van der Waals surface area contributed by atoms with Crippen molar-refractivity contribution >= 4 is 16.6 Å². The highest BCUT2D eigenvalue weighted by atomic mass is 15.3. The summed E-state index contributed by atoms with van der Waals surface area (Å²) in [4.78, 5) is 2.43. The molecule has 1 N–H and O–H groups in total. The van der Waals surface area contributed by atoms with Gasteiger partial charge in [-0.1, -0.05) is 0 Å². The fourth-order valence-corrected chi connectivity index (χ4v) is 2.43. The zero-order valence-electron chi connectivity index (χ0n) is 10.2. The van der Waals surface area contributed by atoms with Gasteiger partial charge in [-0.2, -0.15) is 5.10 Å². The van der Waals surface area contributed by atoms with Crippen molar-refractivity contribution in [3.8, 4) is 0 Å². The summed E-state index contributed by atoms with van der Waals surface area (Å²) >= 11 is 0. The standard InChI is InChI=1S/C13H18N4/c1-2-17-13-9-12(4-3-11(13)10-15-17)16-7-5-14-6-8-16/h3-4,9-10,14H,2,5-8H2,1H3. The summed E-state index contributed by atoms with van der Waals surface area (Å²) in [7, 11) is 0. The first-order valence-corrected chi connectivity index (χ1v) is 6.30. The van der Waals surface area contributed by atoms with Crippen molar-refractivity contribution in [2.45, 2.75) is 13.5 Å². The van der Waals surface area contributed by atoms with Gasteiger partial charge in [-0.15, -0.1) is 0 Å². The normalized spacial score (nSPS) is 16.6. The van der Waals surface area contributed by atoms with Crippen molar-refractivity contribution in [2.24, 2.45) is 0 Å². The average Bonchev–Trinajstić information content (AvgIpc) is 2.81. The molecule has 1 fully saturated rings. The van der Waals surface area contributed by atoms with Crippen molar-refractivity contribution in [2.75, 3.05) is 31.1 Å². The smallest absolute Gasteiger partial charge is 0.0702 e. The highest BCUT2D eigenvalue weighted by Gasteiger charge is 2.11. The summed E-state index contributed by atoms with van der Waals surface area (Å²) in [5, 5.41) is 8.99. The first-order valence-electron chi connectivity index (χ1n) is 6.30. The van der Waals surface area contributed by atoms with Gasteiger partial charge < -0.3 is 10.2 Å². The Labute approximate surface area is 101 Å². The molecule has 0 saturated carbocycles. The first-order chi connectivity index (χ1) is 8.38. The molecule has 1 saturated heterocycles. The molecule has 2 aromatic rings. The van der Waals surface area contributed by atoms with Crippen LogP contribution in [-0.4, -0.2) is 36.0 Å². The monoisotopic (exact) mass is 230 g/mol. The summed E-state index contributed by atoms with van der Waals surface area (Å²) in [5.41, 5.74) is 2.55. The molecule has 90 valence electrons. The molecule has 0 radical (unpaired) electrons. The van der Waals surface area contributed by atoms with Gasteiger partial charge in [0, 0.05) is 43.8 Å². The Morgan fingerprint density at radius 3 is 2.88 bits per heavy atom. The Morgan fingerprint density at radius 2 is 2.12 bits per heavy atom. The van der Waals surface area contributed by atoms with Crippen molar-refractivity contribution in [1.29, 1.82) is 0 Å². The summed E-state index contributed by atoms with van der Waals surface area (Å²) in [6.45, 7) is 7.38. The highest BCUT2D eigenvalue weighted by Crippen LogP contribution is 2.22. The topological polar surface area (TPSA) is 33.1 Å². The minimum Gasteiger partial charge on any atom is -0.369 e. The van der Waals surface area contributed by atoms with Crippen LogP contribution in [-0.2, 0) is 6.54 Å². The van der Waals surface area contributed by atoms with Crippen LogP contribution < -0.4 is 10.2 Å². The van der Waals surface area contributed by atoms with Crippen LogP contribution in [0.3, 0.4) is 0 Å². The Hall–Kier alpha value is -1.55. The van der Waals surface area contributed by atoms with Gasteiger partial charge in [-0.3, -0.25) is 4.68 Å². The van der Waals surface area contributed by atoms with Crippen LogP contribution in [0.15, 0.2) is 24.4 Å². The maximum atomic E-state index is 4.39. The van der Waals surface area contributed by atoms with Gasteiger partial charge in [0.05, 0.1) is 11.7 Å². The van der Waals surface area contributed by atoms with E-state index in [0.717, 1.165) is 32.7 Å². The van der Waals surface area contributed by atoms with E-state index in [1.54, 1.807) is 0 Å². The molecule has 0 amide bonds. The molecule has 1 aliphatic heterocycles. The SMILES string of the molecule is CCn1ncc2ccc(N3CCNCC3)cc21. The number of aryl methyl sites for hydroxylation is 1. The molecule has 4 nitrogen and oxygen atoms in total. The van der Waals surface area contributed by atoms with E-state index in [-0.39, 0.29) is 0 Å². The van der Waals surface area contributed by atoms with Crippen molar-refractivity contribution in [1.82, 2.24) is 15.1 Å². The first kappa shape index (κ1) is 10.6. The molecular formula is C13H18N4. The lowest BCUT2D eigenvalue weighted by molar-refractivity contribution is 0.589. The molecular weight excluding hydrogens is 212 g/mol. The van der Waals surface area contributed by atoms with Gasteiger partial charge in [0.25, 0.3) is 0 Å². The summed E-state index contributed by atoms with van der Waals surface area (Å²) in [6.07, 6.45) is 1.94. The van der Waals surface area contributed by atoms with Crippen LogP contribution >= 0.6 is 0 Å². The maximum absolute atomic E-state index is 4.39. The molecule has 1 aromatic heterocycles. The van der Waals surface area contributed by atoms with Gasteiger partial charge in [0.15, 0.2) is 0 Å². The van der Waals surface area contributed by atoms with E-state index in [1.165, 1.54) is 16.6 Å². The van der Waals surface area contributed by atoms with Crippen molar-refractivity contribution < 1.29 is 0 Å². The minimum absolute atomic E-state index is 0.925. The zero-order valence-corrected chi connectivity index (χ0v) is 10.2. The second-order valence-corrected chi connectivity index (χ2v) is 4.44. The Balaban J connectivity index is 1.99. The van der Waals surface area contributed by atoms with E-state index in [4.69, 9.17) is 0 Å². The van der Waals surface area contributed by atoms with Crippen LogP contribution in [0, 0.1) is 0 Å². The third kappa shape index (κ3) is 1.89. The van der Waals surface area contributed by atoms with Gasteiger partial charge in [-0.05, 0) is 25.1 Å². The lowest BCUT2D eigenvalue weighted by atomic mass is 10.2. The number of hydrogen-bond donors (Lipinski definition) is 1. The van der Waals surface area contributed by atoms with E-state index in [1.807, 2.05) is 6.20 Å². The third-order valence-electron chi connectivity index (χ3n) is 3.41. The maximum Gasteiger partial charge on any atom is 0.0702 e. The molecule has 17 heavy (non-hydrogen) atoms. The summed E-state index contributed by atoms with van der Waals surface area (Å²) < 4.78 is 2.06. The van der Waals surface area contributed by atoms with E-state index < -0.39 is 0 Å². The lowest BCUT2D eigenvalue weighted by Gasteiger charge is -2.29. The third-order valence-corrected chi connectivity index (χ3v) is 3.41. The van der Waals surface area contributed by atoms with Crippen molar-refractivity contribution in [3.05, 3.63) is 24.4 Å². The van der Waals surface area contributed by atoms with Gasteiger partial charge >= 0.3 is 0 Å². The van der Waals surface area contributed by atoms with E-state index in [2.05, 4.69) is 45.1 Å². The molecule has 1 aromatic carbocycles. The minimum atomic E-state index is 0.925. The highest BCUT2D eigenvalue weighted by molar-refractivity contribution is 5.82. The van der Waals surface area contributed by atoms with Crippen molar-refractivity contribution in [3.63, 3.8) is 0 Å². The predicted octanol–water partition coefficient (Wildman–Crippen LogP) is 1.47. The Bertz CT molecular complexity index is 511. The van der Waals surface area contributed by atoms with Crippen LogP contribution in [0.4, 0.5) is 5.69 Å². The number of anilines is 1. The lowest BCUT2D eigenvalue weighted by Crippen LogP contribution is -2.43. The largest absolute Gasteiger partial charge is 0.369 e. The quantitative estimate of drug-likeness (QED) is 0.848. The van der Waals surface area contributed by atoms with Gasteiger partial charge in [-0.25, -0.2) is 0 Å². The van der Waals surface area contributed by atoms with Gasteiger partial charge in [0.2, 0.25) is 0 Å². The van der Waals surface area contributed by atoms with Crippen LogP contribution in [0.2, 0.25) is 0 Å². The van der Waals surface area contributed by atoms with Crippen LogP contribution in [0.5, 0.6) is 0 Å². The number of aromatic nitrogens is 2. The van der Waals surface area contributed by atoms with Crippen LogP contribution in [0.1, 0.15) is 6.92 Å². The molecule has 4 heteroatoms. The van der Waals surface area contributed by atoms with Crippen LogP contribution in [0.25, 0.3) is 10.9 Å².